The Kier molecular flexibility index (Phi) is 4.00. The molecule has 1 amide bonds. The monoisotopic (exact) mass is 317 g/mol. The summed E-state index contributed by atoms with van der Waals surface area (Å²) in [5.74, 6) is 2.37. The minimum Gasteiger partial charge on any atom is -0.490 e. The van der Waals surface area contributed by atoms with Gasteiger partial charge in [-0.1, -0.05) is 18.9 Å². The van der Waals surface area contributed by atoms with Crippen LogP contribution in [-0.4, -0.2) is 30.0 Å². The molecule has 2 atom stereocenters. The van der Waals surface area contributed by atoms with Crippen LogP contribution in [0.2, 0.25) is 0 Å². The van der Waals surface area contributed by atoms with Crippen LogP contribution in [0.15, 0.2) is 24.3 Å². The van der Waals surface area contributed by atoms with Gasteiger partial charge < -0.3 is 9.64 Å². The summed E-state index contributed by atoms with van der Waals surface area (Å²) < 4.78 is 19.1. The number of ether oxygens (including phenoxy) is 1. The summed E-state index contributed by atoms with van der Waals surface area (Å²) in [5.41, 5.74) is 0. The largest absolute Gasteiger partial charge is 0.490 e. The van der Waals surface area contributed by atoms with Gasteiger partial charge in [0.1, 0.15) is 17.7 Å². The molecule has 0 bridgehead atoms. The number of hydrogen-bond donors (Lipinski definition) is 0. The molecule has 0 aromatic heterocycles. The SMILES string of the molecule is O=C(C1[C@@H]2CCCC[C@@H]12)N1CCC(Oc2cccc(F)c2)CC1. The number of hydrogen-bond acceptors (Lipinski definition) is 2. The Balaban J connectivity index is 1.28. The van der Waals surface area contributed by atoms with Crippen molar-refractivity contribution in [2.45, 2.75) is 44.6 Å². The Labute approximate surface area is 136 Å². The molecule has 2 aliphatic carbocycles. The molecule has 1 aliphatic heterocycles. The number of carbonyl (C=O) groups is 1. The van der Waals surface area contributed by atoms with Gasteiger partial charge in [0.25, 0.3) is 0 Å². The average Bonchev–Trinajstić information content (AvgIpc) is 3.29. The molecule has 4 heteroatoms. The van der Waals surface area contributed by atoms with Crippen LogP contribution >= 0.6 is 0 Å². The van der Waals surface area contributed by atoms with Crippen molar-refractivity contribution in [3.05, 3.63) is 30.1 Å². The maximum Gasteiger partial charge on any atom is 0.226 e. The zero-order chi connectivity index (χ0) is 15.8. The fourth-order valence-electron chi connectivity index (χ4n) is 4.50. The molecule has 3 nitrogen and oxygen atoms in total. The second kappa shape index (κ2) is 6.14. The van der Waals surface area contributed by atoms with Gasteiger partial charge in [-0.2, -0.15) is 0 Å². The van der Waals surface area contributed by atoms with E-state index in [1.807, 2.05) is 4.90 Å². The Hall–Kier alpha value is -1.58. The molecule has 3 aliphatic rings. The molecule has 0 unspecified atom stereocenters. The molecule has 1 saturated heterocycles. The standard InChI is InChI=1S/C19H24FNO2/c20-13-4-3-5-15(12-13)23-14-8-10-21(11-9-14)19(22)18-16-6-1-2-7-17(16)18/h3-5,12,14,16-18H,1-2,6-11H2/t16-,17-/m1/s1. The summed E-state index contributed by atoms with van der Waals surface area (Å²) in [4.78, 5) is 14.7. The van der Waals surface area contributed by atoms with E-state index in [1.165, 1.54) is 37.8 Å². The number of amides is 1. The summed E-state index contributed by atoms with van der Waals surface area (Å²) >= 11 is 0. The molecule has 1 aromatic carbocycles. The summed E-state index contributed by atoms with van der Waals surface area (Å²) in [6, 6.07) is 6.29. The lowest BCUT2D eigenvalue weighted by atomic mass is 10.0. The molecule has 23 heavy (non-hydrogen) atoms. The topological polar surface area (TPSA) is 29.5 Å². The number of nitrogens with zero attached hydrogens (tertiary/aromatic N) is 1. The van der Waals surface area contributed by atoms with Crippen molar-refractivity contribution in [2.75, 3.05) is 13.1 Å². The van der Waals surface area contributed by atoms with Gasteiger partial charge in [-0.15, -0.1) is 0 Å². The van der Waals surface area contributed by atoms with Crippen molar-refractivity contribution in [2.24, 2.45) is 17.8 Å². The van der Waals surface area contributed by atoms with E-state index in [9.17, 15) is 9.18 Å². The average molecular weight is 317 g/mol. The van der Waals surface area contributed by atoms with Crippen LogP contribution in [0.3, 0.4) is 0 Å². The van der Waals surface area contributed by atoms with E-state index in [4.69, 9.17) is 4.74 Å². The molecule has 3 fully saturated rings. The van der Waals surface area contributed by atoms with Crippen LogP contribution < -0.4 is 4.74 Å². The normalized spacial score (nSPS) is 30.7. The lowest BCUT2D eigenvalue weighted by Crippen LogP contribution is -2.42. The molecular formula is C19H24FNO2. The van der Waals surface area contributed by atoms with E-state index in [-0.39, 0.29) is 11.9 Å². The van der Waals surface area contributed by atoms with Gasteiger partial charge in [-0.05, 0) is 36.8 Å². The predicted octanol–water partition coefficient (Wildman–Crippen LogP) is 3.63. The van der Waals surface area contributed by atoms with Crippen LogP contribution in [0.25, 0.3) is 0 Å². The Morgan fingerprint density at radius 2 is 1.78 bits per heavy atom. The van der Waals surface area contributed by atoms with E-state index in [1.54, 1.807) is 12.1 Å². The smallest absolute Gasteiger partial charge is 0.226 e. The van der Waals surface area contributed by atoms with Crippen LogP contribution in [-0.2, 0) is 4.79 Å². The quantitative estimate of drug-likeness (QED) is 0.852. The van der Waals surface area contributed by atoms with Crippen molar-refractivity contribution in [3.63, 3.8) is 0 Å². The molecule has 4 rings (SSSR count). The molecular weight excluding hydrogens is 293 g/mol. The van der Waals surface area contributed by atoms with Crippen molar-refractivity contribution >= 4 is 5.91 Å². The second-order valence-corrected chi connectivity index (χ2v) is 7.24. The maximum atomic E-state index is 13.2. The third-order valence-electron chi connectivity index (χ3n) is 5.79. The first kappa shape index (κ1) is 15.0. The van der Waals surface area contributed by atoms with E-state index in [2.05, 4.69) is 0 Å². The Morgan fingerprint density at radius 1 is 1.09 bits per heavy atom. The minimum atomic E-state index is -0.272. The highest BCUT2D eigenvalue weighted by molar-refractivity contribution is 5.82. The number of fused-ring (bicyclic) bond motifs is 1. The second-order valence-electron chi connectivity index (χ2n) is 7.24. The van der Waals surface area contributed by atoms with E-state index < -0.39 is 0 Å². The first-order valence-corrected chi connectivity index (χ1v) is 8.93. The molecule has 1 heterocycles. The van der Waals surface area contributed by atoms with Gasteiger partial charge in [0.05, 0.1) is 0 Å². The number of likely N-dealkylation sites (tertiary alicyclic amines) is 1. The van der Waals surface area contributed by atoms with Gasteiger partial charge in [-0.25, -0.2) is 4.39 Å². The van der Waals surface area contributed by atoms with E-state index >= 15 is 0 Å². The fourth-order valence-corrected chi connectivity index (χ4v) is 4.50. The van der Waals surface area contributed by atoms with E-state index in [0.29, 0.717) is 29.4 Å². The summed E-state index contributed by atoms with van der Waals surface area (Å²) in [6.45, 7) is 1.55. The lowest BCUT2D eigenvalue weighted by Gasteiger charge is -2.32. The molecule has 124 valence electrons. The number of piperidine rings is 1. The van der Waals surface area contributed by atoms with Crippen LogP contribution in [0.5, 0.6) is 5.75 Å². The predicted molar refractivity (Wildman–Crippen MR) is 85.6 cm³/mol. The highest BCUT2D eigenvalue weighted by Gasteiger charge is 2.55. The molecule has 0 radical (unpaired) electrons. The lowest BCUT2D eigenvalue weighted by molar-refractivity contribution is -0.135. The van der Waals surface area contributed by atoms with Crippen LogP contribution in [0.4, 0.5) is 4.39 Å². The van der Waals surface area contributed by atoms with Gasteiger partial charge in [0, 0.05) is 37.9 Å². The Bertz CT molecular complexity index is 570. The van der Waals surface area contributed by atoms with Gasteiger partial charge in [0.15, 0.2) is 0 Å². The van der Waals surface area contributed by atoms with Crippen molar-refractivity contribution in [3.8, 4) is 5.75 Å². The van der Waals surface area contributed by atoms with Gasteiger partial charge in [0.2, 0.25) is 5.91 Å². The van der Waals surface area contributed by atoms with Gasteiger partial charge >= 0.3 is 0 Å². The molecule has 2 saturated carbocycles. The zero-order valence-corrected chi connectivity index (χ0v) is 13.4. The summed E-state index contributed by atoms with van der Waals surface area (Å²) in [5, 5.41) is 0. The third-order valence-corrected chi connectivity index (χ3v) is 5.79. The Morgan fingerprint density at radius 3 is 2.43 bits per heavy atom. The molecule has 0 spiro atoms. The van der Waals surface area contributed by atoms with Crippen molar-refractivity contribution < 1.29 is 13.9 Å². The molecule has 1 aromatic rings. The maximum absolute atomic E-state index is 13.2. The number of rotatable bonds is 3. The number of benzene rings is 1. The highest BCUT2D eigenvalue weighted by atomic mass is 19.1. The summed E-state index contributed by atoms with van der Waals surface area (Å²) in [7, 11) is 0. The van der Waals surface area contributed by atoms with Crippen LogP contribution in [0, 0.1) is 23.6 Å². The first-order valence-electron chi connectivity index (χ1n) is 8.93. The fraction of sp³-hybridized carbons (Fsp3) is 0.632. The van der Waals surface area contributed by atoms with E-state index in [0.717, 1.165) is 25.9 Å². The number of carbonyl (C=O) groups excluding carboxylic acids is 1. The highest BCUT2D eigenvalue weighted by Crippen LogP contribution is 2.56. The third kappa shape index (κ3) is 3.08. The summed E-state index contributed by atoms with van der Waals surface area (Å²) in [6.07, 6.45) is 6.86. The minimum absolute atomic E-state index is 0.0855. The van der Waals surface area contributed by atoms with Crippen molar-refractivity contribution in [1.29, 1.82) is 0 Å². The van der Waals surface area contributed by atoms with Crippen molar-refractivity contribution in [1.82, 2.24) is 4.90 Å². The van der Waals surface area contributed by atoms with Gasteiger partial charge in [-0.3, -0.25) is 4.79 Å². The zero-order valence-electron chi connectivity index (χ0n) is 13.4. The first-order chi connectivity index (χ1) is 11.2. The molecule has 0 N–H and O–H groups in total. The van der Waals surface area contributed by atoms with Crippen LogP contribution in [0.1, 0.15) is 38.5 Å². The number of halogens is 1.